The first-order valence-corrected chi connectivity index (χ1v) is 11.9. The quantitative estimate of drug-likeness (QED) is 0.157. The Kier molecular flexibility index (Phi) is 7.32. The number of nitrogens with two attached hydrogens (primary N) is 1. The second-order valence-corrected chi connectivity index (χ2v) is 10.0. The lowest BCUT2D eigenvalue weighted by molar-refractivity contribution is -0.821. The average Bonchev–Trinajstić information content (AvgIpc) is 2.78. The number of hydrogen-bond acceptors (Lipinski definition) is 11. The number of quaternary nitrogens is 1. The fraction of sp³-hybridized carbons (Fsp3) is 0.556. The number of aliphatic hydroxyl groups is 2. The van der Waals surface area contributed by atoms with E-state index in [4.69, 9.17) is 25.2 Å². The third-order valence-corrected chi connectivity index (χ3v) is 7.20. The van der Waals surface area contributed by atoms with Gasteiger partial charge in [-0.05, 0) is 0 Å². The van der Waals surface area contributed by atoms with E-state index in [9.17, 15) is 33.6 Å². The summed E-state index contributed by atoms with van der Waals surface area (Å²) in [5.74, 6) is -0.101. The van der Waals surface area contributed by atoms with Crippen LogP contribution in [0.25, 0.3) is 0 Å². The summed E-state index contributed by atoms with van der Waals surface area (Å²) in [6.07, 6.45) is -3.90. The summed E-state index contributed by atoms with van der Waals surface area (Å²) in [6, 6.07) is -0.852. The number of phosphoric acid groups is 3. The molecule has 2 aliphatic heterocycles. The second-order valence-electron chi connectivity index (χ2n) is 5.59. The first kappa shape index (κ1) is 24.4. The lowest BCUT2D eigenvalue weighted by atomic mass is 10.1. The van der Waals surface area contributed by atoms with Gasteiger partial charge in [-0.15, -0.1) is 4.99 Å². The number of carbonyl (C=O) groups is 1. The first-order valence-electron chi connectivity index (χ1n) is 7.33. The van der Waals surface area contributed by atoms with Crippen molar-refractivity contribution in [2.45, 2.75) is 24.5 Å². The van der Waals surface area contributed by atoms with E-state index in [-0.39, 0.29) is 10.7 Å². The van der Waals surface area contributed by atoms with Crippen LogP contribution >= 0.6 is 23.5 Å². The Balaban J connectivity index is 1.99. The van der Waals surface area contributed by atoms with E-state index in [1.807, 2.05) is 0 Å². The van der Waals surface area contributed by atoms with E-state index in [2.05, 4.69) is 18.1 Å². The van der Waals surface area contributed by atoms with Gasteiger partial charge in [-0.3, -0.25) is 4.52 Å². The van der Waals surface area contributed by atoms with Gasteiger partial charge in [0.25, 0.3) is 0 Å². The van der Waals surface area contributed by atoms with Crippen molar-refractivity contribution in [1.82, 2.24) is 0 Å². The van der Waals surface area contributed by atoms with Crippen LogP contribution in [-0.4, -0.2) is 72.8 Å². The standard InChI is InChI=1S/C9H16N3O14P3/c10-5-1-2-12(9(15)11-5)8-7(14)6(13)4(24-8)3-23-28(19,20)26-29(21,22)25-27(16,17)18/h1-2,4,6-8,13-14H,3H2,(H,19,20)(H,21,22)(H2,10,11,15)(H2,16,17,18)/p+1/t4-,6-,7-,8-/m1/s1. The highest BCUT2D eigenvalue weighted by Gasteiger charge is 2.51. The zero-order chi connectivity index (χ0) is 22.2. The summed E-state index contributed by atoms with van der Waals surface area (Å²) in [5, 5.41) is 20.0. The molecule has 0 saturated carbocycles. The van der Waals surface area contributed by atoms with Crippen LogP contribution in [0.4, 0.5) is 4.79 Å². The van der Waals surface area contributed by atoms with Gasteiger partial charge in [-0.25, -0.2) is 18.5 Å². The van der Waals surface area contributed by atoms with Crippen LogP contribution in [0.5, 0.6) is 0 Å². The normalized spacial score (nSPS) is 34.5. The molecule has 7 atom stereocenters. The maximum absolute atomic E-state index is 11.8. The van der Waals surface area contributed by atoms with Gasteiger partial charge < -0.3 is 40.3 Å². The van der Waals surface area contributed by atoms with Gasteiger partial charge in [0.15, 0.2) is 6.10 Å². The molecular weight excluding hydrogens is 467 g/mol. The zero-order valence-corrected chi connectivity index (χ0v) is 16.7. The fourth-order valence-corrected chi connectivity index (χ4v) is 5.33. The first-order chi connectivity index (χ1) is 13.1. The fourth-order valence-electron chi connectivity index (χ4n) is 2.30. The SMILES string of the molecule is NC1=NC(=O)[NH+]([C@@H]2O[C@H](COP(=O)(O)OP(=O)(O)OP(=O)(O)O)[C@@H](O)[C@H]2O)C=C1. The molecule has 9 N–H and O–H groups in total. The molecule has 0 spiro atoms. The van der Waals surface area contributed by atoms with E-state index in [0.717, 1.165) is 0 Å². The Hall–Kier alpha value is -0.870. The molecule has 3 unspecified atom stereocenters. The van der Waals surface area contributed by atoms with Gasteiger partial charge in [0.2, 0.25) is 6.23 Å². The highest BCUT2D eigenvalue weighted by molar-refractivity contribution is 7.66. The minimum Gasteiger partial charge on any atom is -0.387 e. The van der Waals surface area contributed by atoms with Gasteiger partial charge in [-0.2, -0.15) is 13.5 Å². The van der Waals surface area contributed by atoms with Crippen LogP contribution in [0.1, 0.15) is 0 Å². The smallest absolute Gasteiger partial charge is 0.387 e. The van der Waals surface area contributed by atoms with Crippen LogP contribution < -0.4 is 10.6 Å². The third-order valence-electron chi connectivity index (χ3n) is 3.40. The lowest BCUT2D eigenvalue weighted by Gasteiger charge is -2.21. The summed E-state index contributed by atoms with van der Waals surface area (Å²) in [7, 11) is -16.7. The molecule has 1 fully saturated rings. The van der Waals surface area contributed by atoms with Crippen molar-refractivity contribution >= 4 is 35.3 Å². The van der Waals surface area contributed by atoms with Gasteiger partial charge in [-0.1, -0.05) is 0 Å². The van der Waals surface area contributed by atoms with Crippen molar-refractivity contribution in [3.05, 3.63) is 12.3 Å². The Morgan fingerprint density at radius 2 is 1.72 bits per heavy atom. The van der Waals surface area contributed by atoms with Crippen LogP contribution in [0, 0.1) is 0 Å². The minimum absolute atomic E-state index is 0.101. The summed E-state index contributed by atoms with van der Waals surface area (Å²) < 4.78 is 50.1. The maximum atomic E-state index is 11.8. The van der Waals surface area contributed by atoms with Crippen molar-refractivity contribution in [2.75, 3.05) is 6.61 Å². The predicted octanol–water partition coefficient (Wildman–Crippen LogP) is -3.33. The molecule has 20 heteroatoms. The molecule has 17 nitrogen and oxygen atoms in total. The number of amidine groups is 1. The highest BCUT2D eigenvalue weighted by Crippen LogP contribution is 2.66. The maximum Gasteiger partial charge on any atom is 0.490 e. The van der Waals surface area contributed by atoms with Crippen molar-refractivity contribution in [3.63, 3.8) is 0 Å². The molecule has 2 heterocycles. The number of aliphatic hydroxyl groups excluding tert-OH is 2. The highest BCUT2D eigenvalue weighted by atomic mass is 31.3. The minimum atomic E-state index is -5.71. The molecule has 0 bridgehead atoms. The molecular formula is C9H17N3O14P3+. The molecule has 2 rings (SSSR count). The molecule has 29 heavy (non-hydrogen) atoms. The van der Waals surface area contributed by atoms with Gasteiger partial charge in [0.1, 0.15) is 24.2 Å². The van der Waals surface area contributed by atoms with Crippen LogP contribution in [0.3, 0.4) is 0 Å². The summed E-state index contributed by atoms with van der Waals surface area (Å²) in [4.78, 5) is 50.4. The van der Waals surface area contributed by atoms with Crippen molar-refractivity contribution in [2.24, 2.45) is 10.7 Å². The van der Waals surface area contributed by atoms with Gasteiger partial charge >= 0.3 is 29.5 Å². The number of aliphatic imine (C=N–C) groups is 1. The summed E-state index contributed by atoms with van der Waals surface area (Å²) in [5.41, 5.74) is 5.34. The van der Waals surface area contributed by atoms with Crippen molar-refractivity contribution < 1.29 is 71.1 Å². The molecule has 0 radical (unpaired) electrons. The van der Waals surface area contributed by atoms with E-state index < -0.39 is 60.6 Å². The van der Waals surface area contributed by atoms with Crippen LogP contribution in [0.2, 0.25) is 0 Å². The number of ether oxygens (including phenoxy) is 1. The molecule has 2 amide bonds. The molecule has 0 aromatic rings. The van der Waals surface area contributed by atoms with Crippen LogP contribution in [-0.2, 0) is 31.6 Å². The summed E-state index contributed by atoms with van der Waals surface area (Å²) >= 11 is 0. The summed E-state index contributed by atoms with van der Waals surface area (Å²) in [6.45, 7) is -1.00. The Bertz CT molecular complexity index is 855. The number of carbonyl (C=O) groups excluding carboxylic acids is 1. The van der Waals surface area contributed by atoms with Crippen molar-refractivity contribution in [3.8, 4) is 0 Å². The number of phosphoric ester groups is 1. The Morgan fingerprint density at radius 3 is 2.28 bits per heavy atom. The number of rotatable bonds is 8. The monoisotopic (exact) mass is 484 g/mol. The number of amides is 2. The predicted molar refractivity (Wildman–Crippen MR) is 87.6 cm³/mol. The zero-order valence-electron chi connectivity index (χ0n) is 14.0. The van der Waals surface area contributed by atoms with E-state index in [0.29, 0.717) is 0 Å². The van der Waals surface area contributed by atoms with Gasteiger partial charge in [0.05, 0.1) is 6.61 Å². The third kappa shape index (κ3) is 6.82. The molecule has 1 saturated heterocycles. The topological polar surface area (TPSA) is 269 Å². The van der Waals surface area contributed by atoms with Gasteiger partial charge in [0, 0.05) is 6.08 Å². The average molecular weight is 484 g/mol. The molecule has 0 aromatic heterocycles. The lowest BCUT2D eigenvalue weighted by Crippen LogP contribution is -3.15. The van der Waals surface area contributed by atoms with Crippen molar-refractivity contribution in [1.29, 1.82) is 0 Å². The molecule has 2 aliphatic rings. The van der Waals surface area contributed by atoms with E-state index in [1.165, 1.54) is 12.3 Å². The Morgan fingerprint density at radius 1 is 1.10 bits per heavy atom. The molecule has 0 aromatic carbocycles. The number of nitrogens with one attached hydrogen (secondary N) is 1. The molecule has 0 aliphatic carbocycles. The van der Waals surface area contributed by atoms with Crippen LogP contribution in [0.15, 0.2) is 17.3 Å². The largest absolute Gasteiger partial charge is 0.490 e. The molecule has 166 valence electrons. The Labute approximate surface area is 161 Å². The van der Waals surface area contributed by atoms with E-state index >= 15 is 0 Å². The second kappa shape index (κ2) is 8.70. The van der Waals surface area contributed by atoms with E-state index in [1.54, 1.807) is 0 Å². The number of urea groups is 1. The number of hydrogen-bond donors (Lipinski definition) is 8. The number of nitrogens with zero attached hydrogens (tertiary/aromatic N) is 1.